The fourth-order valence-electron chi connectivity index (χ4n) is 2.12. The molecule has 0 saturated carbocycles. The van der Waals surface area contributed by atoms with Crippen molar-refractivity contribution in [2.75, 3.05) is 6.61 Å². The number of rotatable bonds is 1. The Labute approximate surface area is 80.5 Å². The predicted octanol–water partition coefficient (Wildman–Crippen LogP) is 3.08. The van der Waals surface area contributed by atoms with Gasteiger partial charge < -0.3 is 4.74 Å². The lowest BCUT2D eigenvalue weighted by Crippen LogP contribution is -2.27. The summed E-state index contributed by atoms with van der Waals surface area (Å²) in [5.74, 6) is 0.643. The van der Waals surface area contributed by atoms with Crippen LogP contribution in [0.2, 0.25) is 0 Å². The Kier molecular flexibility index (Phi) is 2.84. The molecule has 1 aliphatic carbocycles. The van der Waals surface area contributed by atoms with E-state index in [0.717, 1.165) is 6.61 Å². The molecule has 0 aromatic rings. The van der Waals surface area contributed by atoms with Crippen LogP contribution in [0.3, 0.4) is 0 Å². The minimum atomic E-state index is 0.495. The molecule has 1 heterocycles. The molecule has 2 unspecified atom stereocenters. The van der Waals surface area contributed by atoms with Gasteiger partial charge in [-0.15, -0.1) is 0 Å². The molecule has 0 aromatic carbocycles. The van der Waals surface area contributed by atoms with Crippen LogP contribution in [0.15, 0.2) is 23.8 Å². The van der Waals surface area contributed by atoms with Gasteiger partial charge in [0.2, 0.25) is 0 Å². The van der Waals surface area contributed by atoms with Gasteiger partial charge in [0.05, 0.1) is 6.10 Å². The molecule has 0 spiro atoms. The van der Waals surface area contributed by atoms with E-state index in [-0.39, 0.29) is 0 Å². The van der Waals surface area contributed by atoms with Crippen molar-refractivity contribution in [2.24, 2.45) is 5.92 Å². The Morgan fingerprint density at radius 3 is 2.92 bits per heavy atom. The molecule has 1 heteroatoms. The lowest BCUT2D eigenvalue weighted by atomic mass is 9.89. The van der Waals surface area contributed by atoms with Gasteiger partial charge in [0.15, 0.2) is 0 Å². The molecular formula is C12H18O. The smallest absolute Gasteiger partial charge is 0.0640 e. The summed E-state index contributed by atoms with van der Waals surface area (Å²) in [7, 11) is 0. The van der Waals surface area contributed by atoms with Crippen LogP contribution in [0, 0.1) is 5.92 Å². The standard InChI is InChI=1S/C12H18O/c1-10-5-7-11(8-6-10)12-4-2-3-9-13-12/h5-7,11-12H,2-4,8-9H2,1H3. The average Bonchev–Trinajstić information content (AvgIpc) is 2.20. The second-order valence-corrected chi connectivity index (χ2v) is 4.11. The third-order valence-electron chi connectivity index (χ3n) is 3.01. The highest BCUT2D eigenvalue weighted by molar-refractivity contribution is 5.22. The summed E-state index contributed by atoms with van der Waals surface area (Å²) in [4.78, 5) is 0. The monoisotopic (exact) mass is 178 g/mol. The number of hydrogen-bond acceptors (Lipinski definition) is 1. The zero-order valence-corrected chi connectivity index (χ0v) is 8.33. The number of allylic oxidation sites excluding steroid dienone is 3. The topological polar surface area (TPSA) is 9.23 Å². The second kappa shape index (κ2) is 4.10. The Balaban J connectivity index is 1.91. The summed E-state index contributed by atoms with van der Waals surface area (Å²) in [6.07, 6.45) is 12.4. The van der Waals surface area contributed by atoms with E-state index in [0.29, 0.717) is 12.0 Å². The highest BCUT2D eigenvalue weighted by Gasteiger charge is 2.22. The molecule has 0 radical (unpaired) electrons. The summed E-state index contributed by atoms with van der Waals surface area (Å²) in [6, 6.07) is 0. The minimum Gasteiger partial charge on any atom is -0.378 e. The molecule has 0 bridgehead atoms. The van der Waals surface area contributed by atoms with Crippen molar-refractivity contribution in [3.05, 3.63) is 23.8 Å². The number of hydrogen-bond donors (Lipinski definition) is 0. The SMILES string of the molecule is CC1=CCC(C2CCCCO2)C=C1. The Morgan fingerprint density at radius 2 is 2.31 bits per heavy atom. The van der Waals surface area contributed by atoms with Gasteiger partial charge in [0.1, 0.15) is 0 Å². The molecular weight excluding hydrogens is 160 g/mol. The van der Waals surface area contributed by atoms with Crippen LogP contribution in [-0.4, -0.2) is 12.7 Å². The summed E-state index contributed by atoms with van der Waals surface area (Å²) in [6.45, 7) is 3.13. The quantitative estimate of drug-likeness (QED) is 0.599. The lowest BCUT2D eigenvalue weighted by Gasteiger charge is -2.29. The highest BCUT2D eigenvalue weighted by Crippen LogP contribution is 2.27. The van der Waals surface area contributed by atoms with Crippen molar-refractivity contribution in [3.63, 3.8) is 0 Å². The molecule has 2 atom stereocenters. The Hall–Kier alpha value is -0.560. The van der Waals surface area contributed by atoms with Crippen molar-refractivity contribution >= 4 is 0 Å². The van der Waals surface area contributed by atoms with Gasteiger partial charge in [-0.05, 0) is 32.6 Å². The van der Waals surface area contributed by atoms with E-state index < -0.39 is 0 Å². The van der Waals surface area contributed by atoms with E-state index in [9.17, 15) is 0 Å². The van der Waals surface area contributed by atoms with Crippen LogP contribution >= 0.6 is 0 Å². The van der Waals surface area contributed by atoms with Gasteiger partial charge in [-0.2, -0.15) is 0 Å². The van der Waals surface area contributed by atoms with E-state index >= 15 is 0 Å². The maximum Gasteiger partial charge on any atom is 0.0640 e. The van der Waals surface area contributed by atoms with E-state index in [1.54, 1.807) is 0 Å². The van der Waals surface area contributed by atoms with Crippen LogP contribution in [0.1, 0.15) is 32.6 Å². The Morgan fingerprint density at radius 1 is 1.38 bits per heavy atom. The second-order valence-electron chi connectivity index (χ2n) is 4.11. The third kappa shape index (κ3) is 2.22. The first kappa shape index (κ1) is 9.01. The van der Waals surface area contributed by atoms with Crippen LogP contribution in [0.5, 0.6) is 0 Å². The maximum absolute atomic E-state index is 5.77. The predicted molar refractivity (Wildman–Crippen MR) is 54.6 cm³/mol. The van der Waals surface area contributed by atoms with Crippen LogP contribution in [0.4, 0.5) is 0 Å². The zero-order valence-electron chi connectivity index (χ0n) is 8.33. The first-order valence-electron chi connectivity index (χ1n) is 5.33. The summed E-state index contributed by atoms with van der Waals surface area (Å²) in [5, 5.41) is 0. The molecule has 2 aliphatic rings. The Bertz CT molecular complexity index is 221. The fourth-order valence-corrected chi connectivity index (χ4v) is 2.12. The molecule has 72 valence electrons. The zero-order chi connectivity index (χ0) is 9.10. The van der Waals surface area contributed by atoms with Gasteiger partial charge in [-0.25, -0.2) is 0 Å². The van der Waals surface area contributed by atoms with E-state index in [1.807, 2.05) is 0 Å². The molecule has 1 aliphatic heterocycles. The fraction of sp³-hybridized carbons (Fsp3) is 0.667. The molecule has 0 aromatic heterocycles. The van der Waals surface area contributed by atoms with Gasteiger partial charge in [0.25, 0.3) is 0 Å². The molecule has 1 nitrogen and oxygen atoms in total. The third-order valence-corrected chi connectivity index (χ3v) is 3.01. The van der Waals surface area contributed by atoms with Crippen molar-refractivity contribution < 1.29 is 4.74 Å². The van der Waals surface area contributed by atoms with Gasteiger partial charge >= 0.3 is 0 Å². The first-order valence-corrected chi connectivity index (χ1v) is 5.33. The van der Waals surface area contributed by atoms with Crippen LogP contribution in [-0.2, 0) is 4.74 Å². The van der Waals surface area contributed by atoms with Crippen molar-refractivity contribution in [1.29, 1.82) is 0 Å². The summed E-state index contributed by atoms with van der Waals surface area (Å²) in [5.41, 5.74) is 1.40. The summed E-state index contributed by atoms with van der Waals surface area (Å²) >= 11 is 0. The van der Waals surface area contributed by atoms with E-state index in [1.165, 1.54) is 31.3 Å². The molecule has 2 rings (SSSR count). The van der Waals surface area contributed by atoms with Gasteiger partial charge in [0, 0.05) is 12.5 Å². The molecule has 0 N–H and O–H groups in total. The molecule has 13 heavy (non-hydrogen) atoms. The van der Waals surface area contributed by atoms with Gasteiger partial charge in [-0.1, -0.05) is 23.8 Å². The lowest BCUT2D eigenvalue weighted by molar-refractivity contribution is -0.00854. The largest absolute Gasteiger partial charge is 0.378 e. The van der Waals surface area contributed by atoms with E-state index in [4.69, 9.17) is 4.74 Å². The minimum absolute atomic E-state index is 0.495. The van der Waals surface area contributed by atoms with Crippen molar-refractivity contribution in [1.82, 2.24) is 0 Å². The molecule has 1 saturated heterocycles. The average molecular weight is 178 g/mol. The highest BCUT2D eigenvalue weighted by atomic mass is 16.5. The van der Waals surface area contributed by atoms with Crippen molar-refractivity contribution in [3.8, 4) is 0 Å². The molecule has 1 fully saturated rings. The summed E-state index contributed by atoms with van der Waals surface area (Å²) < 4.78 is 5.77. The molecule has 0 amide bonds. The van der Waals surface area contributed by atoms with Gasteiger partial charge in [-0.3, -0.25) is 0 Å². The van der Waals surface area contributed by atoms with Crippen LogP contribution in [0.25, 0.3) is 0 Å². The first-order chi connectivity index (χ1) is 6.36. The van der Waals surface area contributed by atoms with E-state index in [2.05, 4.69) is 25.2 Å². The van der Waals surface area contributed by atoms with Crippen molar-refractivity contribution in [2.45, 2.75) is 38.7 Å². The number of ether oxygens (including phenoxy) is 1. The maximum atomic E-state index is 5.77. The normalized spacial score (nSPS) is 34.4. The van der Waals surface area contributed by atoms with Crippen LogP contribution < -0.4 is 0 Å².